The molecule has 0 atom stereocenters. The summed E-state index contributed by atoms with van der Waals surface area (Å²) in [4.78, 5) is 4.92. The van der Waals surface area contributed by atoms with Crippen LogP contribution in [0.3, 0.4) is 0 Å². The molecule has 0 aliphatic rings. The third kappa shape index (κ3) is 5.01. The Morgan fingerprint density at radius 3 is 2.29 bits per heavy atom. The molecule has 0 aliphatic heterocycles. The Labute approximate surface area is 171 Å². The van der Waals surface area contributed by atoms with Gasteiger partial charge in [-0.15, -0.1) is 0 Å². The average Bonchev–Trinajstić information content (AvgIpc) is 3.09. The van der Waals surface area contributed by atoms with Crippen LogP contribution in [-0.2, 0) is 16.4 Å². The molecule has 28 heavy (non-hydrogen) atoms. The molecule has 0 saturated heterocycles. The zero-order chi connectivity index (χ0) is 20.1. The molecule has 1 heterocycles. The van der Waals surface area contributed by atoms with Gasteiger partial charge in [-0.05, 0) is 61.4 Å². The van der Waals surface area contributed by atoms with Gasteiger partial charge in [-0.3, -0.25) is 4.57 Å². The first-order valence-electron chi connectivity index (χ1n) is 9.36. The molecule has 148 valence electrons. The first kappa shape index (κ1) is 20.6. The van der Waals surface area contributed by atoms with Gasteiger partial charge in [0.25, 0.3) is 0 Å². The molecule has 0 fully saturated rings. The van der Waals surface area contributed by atoms with Gasteiger partial charge in [0.2, 0.25) is 10.0 Å². The third-order valence-electron chi connectivity index (χ3n) is 4.59. The van der Waals surface area contributed by atoms with Gasteiger partial charge in [0.15, 0.2) is 0 Å². The lowest BCUT2D eigenvalue weighted by atomic mass is 10.1. The van der Waals surface area contributed by atoms with Crippen LogP contribution in [0.15, 0.2) is 59.6 Å². The Morgan fingerprint density at radius 1 is 1.00 bits per heavy atom. The molecule has 2 aromatic carbocycles. The van der Waals surface area contributed by atoms with Crippen LogP contribution in [0.25, 0.3) is 17.1 Å². The number of hydrogen-bond donors (Lipinski definition) is 1. The van der Waals surface area contributed by atoms with E-state index in [0.717, 1.165) is 35.6 Å². The molecule has 0 amide bonds. The molecule has 1 aromatic heterocycles. The van der Waals surface area contributed by atoms with Crippen molar-refractivity contribution in [3.63, 3.8) is 0 Å². The van der Waals surface area contributed by atoms with Crippen LogP contribution < -0.4 is 5.14 Å². The summed E-state index contributed by atoms with van der Waals surface area (Å²) in [5, 5.41) is 5.87. The van der Waals surface area contributed by atoms with Crippen LogP contribution in [-0.4, -0.2) is 18.0 Å². The Balaban J connectivity index is 1.97. The molecule has 2 N–H and O–H groups in total. The van der Waals surface area contributed by atoms with Crippen molar-refractivity contribution < 1.29 is 8.42 Å². The molecular formula is C21H24ClN3O2S. The molecule has 0 radical (unpaired) electrons. The molecule has 3 aromatic rings. The van der Waals surface area contributed by atoms with Gasteiger partial charge >= 0.3 is 0 Å². The highest BCUT2D eigenvalue weighted by Gasteiger charge is 2.13. The summed E-state index contributed by atoms with van der Waals surface area (Å²) >= 11 is 6.02. The fourth-order valence-corrected chi connectivity index (χ4v) is 3.72. The number of sulfonamides is 1. The topological polar surface area (TPSA) is 78.0 Å². The summed E-state index contributed by atoms with van der Waals surface area (Å²) in [7, 11) is -3.72. The summed E-state index contributed by atoms with van der Waals surface area (Å²) in [6.45, 7) is 2.19. The van der Waals surface area contributed by atoms with E-state index in [1.807, 2.05) is 35.0 Å². The number of nitrogens with two attached hydrogens (primary N) is 1. The van der Waals surface area contributed by atoms with Crippen LogP contribution >= 0.6 is 11.6 Å². The highest BCUT2D eigenvalue weighted by atomic mass is 35.5. The smallest absolute Gasteiger partial charge is 0.238 e. The lowest BCUT2D eigenvalue weighted by Crippen LogP contribution is -2.12. The second kappa shape index (κ2) is 8.90. The number of imidazole rings is 1. The van der Waals surface area contributed by atoms with Crippen LogP contribution in [0.5, 0.6) is 0 Å². The third-order valence-corrected chi connectivity index (χ3v) is 5.77. The van der Waals surface area contributed by atoms with Crippen LogP contribution in [0, 0.1) is 0 Å². The van der Waals surface area contributed by atoms with Crippen molar-refractivity contribution in [2.45, 2.75) is 43.9 Å². The van der Waals surface area contributed by atoms with Crippen molar-refractivity contribution in [1.82, 2.24) is 9.55 Å². The van der Waals surface area contributed by atoms with E-state index >= 15 is 0 Å². The monoisotopic (exact) mass is 417 g/mol. The first-order valence-corrected chi connectivity index (χ1v) is 11.3. The summed E-state index contributed by atoms with van der Waals surface area (Å²) in [6.07, 6.45) is 7.61. The second-order valence-electron chi connectivity index (χ2n) is 6.78. The van der Waals surface area contributed by atoms with E-state index in [2.05, 4.69) is 6.92 Å². The van der Waals surface area contributed by atoms with Crippen molar-refractivity contribution >= 4 is 21.6 Å². The maximum absolute atomic E-state index is 11.5. The van der Waals surface area contributed by atoms with Crippen molar-refractivity contribution in [2.75, 3.05) is 0 Å². The Kier molecular flexibility index (Phi) is 6.54. The van der Waals surface area contributed by atoms with Gasteiger partial charge in [-0.1, -0.05) is 37.8 Å². The minimum absolute atomic E-state index is 0.0872. The van der Waals surface area contributed by atoms with E-state index in [1.165, 1.54) is 31.4 Å². The predicted molar refractivity (Wildman–Crippen MR) is 113 cm³/mol. The maximum atomic E-state index is 11.5. The standard InChI is InChI=1S/C21H24ClN3O2S/c1-2-3-4-5-6-18-15-25(19-11-13-20(14-12-19)28(23,26)27)21(24-18)16-7-9-17(22)10-8-16/h7-15H,2-6H2,1H3,(H2,23,26,27). The van der Waals surface area contributed by atoms with E-state index in [4.69, 9.17) is 21.7 Å². The Bertz CT molecular complexity index is 1030. The van der Waals surface area contributed by atoms with Gasteiger partial charge in [0.1, 0.15) is 5.82 Å². The van der Waals surface area contributed by atoms with Gasteiger partial charge in [-0.2, -0.15) is 0 Å². The molecule has 0 spiro atoms. The van der Waals surface area contributed by atoms with E-state index in [0.29, 0.717) is 5.02 Å². The zero-order valence-electron chi connectivity index (χ0n) is 15.8. The van der Waals surface area contributed by atoms with Gasteiger partial charge < -0.3 is 0 Å². The second-order valence-corrected chi connectivity index (χ2v) is 8.78. The largest absolute Gasteiger partial charge is 0.300 e. The molecular weight excluding hydrogens is 394 g/mol. The summed E-state index contributed by atoms with van der Waals surface area (Å²) < 4.78 is 25.0. The van der Waals surface area contributed by atoms with Gasteiger partial charge in [-0.25, -0.2) is 18.5 Å². The molecule has 3 rings (SSSR count). The quantitative estimate of drug-likeness (QED) is 0.526. The number of rotatable bonds is 8. The van der Waals surface area contributed by atoms with E-state index in [1.54, 1.807) is 12.1 Å². The number of nitrogens with zero attached hydrogens (tertiary/aromatic N) is 2. The Hall–Kier alpha value is -2.15. The first-order chi connectivity index (χ1) is 13.4. The van der Waals surface area contributed by atoms with Crippen molar-refractivity contribution in [1.29, 1.82) is 0 Å². The van der Waals surface area contributed by atoms with Crippen molar-refractivity contribution in [3.8, 4) is 17.1 Å². The SMILES string of the molecule is CCCCCCc1cn(-c2ccc(S(N)(=O)=O)cc2)c(-c2ccc(Cl)cc2)n1. The highest BCUT2D eigenvalue weighted by Crippen LogP contribution is 2.26. The van der Waals surface area contributed by atoms with E-state index < -0.39 is 10.0 Å². The minimum Gasteiger partial charge on any atom is -0.300 e. The van der Waals surface area contributed by atoms with Gasteiger partial charge in [0.05, 0.1) is 10.6 Å². The zero-order valence-corrected chi connectivity index (χ0v) is 17.4. The lowest BCUT2D eigenvalue weighted by Gasteiger charge is -2.09. The van der Waals surface area contributed by atoms with Crippen molar-refractivity contribution in [2.24, 2.45) is 5.14 Å². The number of hydrogen-bond acceptors (Lipinski definition) is 3. The average molecular weight is 418 g/mol. The fraction of sp³-hybridized carbons (Fsp3) is 0.286. The van der Waals surface area contributed by atoms with Crippen LogP contribution in [0.2, 0.25) is 5.02 Å². The van der Waals surface area contributed by atoms with Crippen molar-refractivity contribution in [3.05, 3.63) is 65.4 Å². The number of primary sulfonamides is 1. The molecule has 0 saturated carbocycles. The number of halogens is 1. The molecule has 0 bridgehead atoms. The molecule has 7 heteroatoms. The van der Waals surface area contributed by atoms with Crippen LogP contribution in [0.4, 0.5) is 0 Å². The number of benzene rings is 2. The molecule has 0 aliphatic carbocycles. The molecule has 0 unspecified atom stereocenters. The normalized spacial score (nSPS) is 11.7. The van der Waals surface area contributed by atoms with Gasteiger partial charge in [0, 0.05) is 22.5 Å². The van der Waals surface area contributed by atoms with E-state index in [9.17, 15) is 8.42 Å². The number of aromatic nitrogens is 2. The fourth-order valence-electron chi connectivity index (χ4n) is 3.08. The highest BCUT2D eigenvalue weighted by molar-refractivity contribution is 7.89. The maximum Gasteiger partial charge on any atom is 0.238 e. The lowest BCUT2D eigenvalue weighted by molar-refractivity contribution is 0.598. The summed E-state index contributed by atoms with van der Waals surface area (Å²) in [6, 6.07) is 14.0. The summed E-state index contributed by atoms with van der Waals surface area (Å²) in [5.41, 5.74) is 2.78. The van der Waals surface area contributed by atoms with E-state index in [-0.39, 0.29) is 4.90 Å². The number of aryl methyl sites for hydroxylation is 1. The number of unbranched alkanes of at least 4 members (excludes halogenated alkanes) is 3. The van der Waals surface area contributed by atoms with Crippen LogP contribution in [0.1, 0.15) is 38.3 Å². The molecule has 5 nitrogen and oxygen atoms in total. The predicted octanol–water partition coefficient (Wildman–Crippen LogP) is 4.96. The summed E-state index contributed by atoms with van der Waals surface area (Å²) in [5.74, 6) is 0.797. The minimum atomic E-state index is -3.72. The Morgan fingerprint density at radius 2 is 1.68 bits per heavy atom.